The number of likely N-dealkylation sites (N-methyl/N-ethyl adjacent to an activating group) is 1. The van der Waals surface area contributed by atoms with Crippen LogP contribution in [0.3, 0.4) is 0 Å². The zero-order chi connectivity index (χ0) is 48.8. The molecule has 0 aromatic carbocycles. The maximum absolute atomic E-state index is 13.1. The SMILES string of the molecule is CC1(C(=O)O)C=CC=C(C(=O)O)C1.CCCCCCCCCCCCCCCCCC(=O)C1=NC(N)(C(=O)CCCCCCCCCCCCCCCCC)CN1CC.COS(=O)(=O)O. The molecule has 0 aromatic heterocycles. The number of aliphatic imine (C=N–C) groups is 1. The molecule has 378 valence electrons. The number of nitrogens with two attached hydrogens (primary N) is 1. The van der Waals surface area contributed by atoms with E-state index in [1.165, 1.54) is 192 Å². The van der Waals surface area contributed by atoms with Gasteiger partial charge in [0, 0.05) is 25.0 Å². The van der Waals surface area contributed by atoms with Crippen molar-refractivity contribution >= 4 is 39.7 Å². The van der Waals surface area contributed by atoms with Gasteiger partial charge in [0.15, 0.2) is 23.1 Å². The minimum absolute atomic E-state index is 0.00424. The molecule has 14 heteroatoms. The molecular weight excluding hydrogens is 847 g/mol. The van der Waals surface area contributed by atoms with Crippen molar-refractivity contribution in [2.45, 2.75) is 245 Å². The van der Waals surface area contributed by atoms with Crippen molar-refractivity contribution < 1.29 is 46.5 Å². The Hall–Kier alpha value is -2.94. The molecular formula is C51H93N3O10S. The number of hydrogen-bond donors (Lipinski definition) is 4. The molecule has 2 rings (SSSR count). The second-order valence-electron chi connectivity index (χ2n) is 18.5. The number of carboxylic acid groups (broad SMARTS) is 2. The Bertz CT molecular complexity index is 1510. The van der Waals surface area contributed by atoms with Crippen LogP contribution < -0.4 is 5.73 Å². The molecule has 1 aliphatic carbocycles. The molecule has 0 fully saturated rings. The Balaban J connectivity index is 0.00000176. The van der Waals surface area contributed by atoms with Crippen molar-refractivity contribution in [1.29, 1.82) is 0 Å². The standard InChI is InChI=1S/C41H79N3O2.C9H10O4.CH4O4S/c1-4-7-9-11-13-15-17-19-21-23-25-27-29-31-33-35-38(45)40-43-41(42,37-44(40)6-3)39(46)36-34-32-30-28-26-24-22-20-18-16-14-12-10-8-5-2;1-9(8(12)13)4-2-3-6(5-9)7(10)11;1-5-6(2,3)4/h4-37,42H2,1-3H3;2-4H,5H2,1H3,(H,10,11)(H,12,13);1H3,(H,2,3,4). The lowest BCUT2D eigenvalue weighted by Crippen LogP contribution is -2.50. The van der Waals surface area contributed by atoms with Crippen molar-refractivity contribution in [3.63, 3.8) is 0 Å². The van der Waals surface area contributed by atoms with Gasteiger partial charge in [0.25, 0.3) is 0 Å². The van der Waals surface area contributed by atoms with Crippen molar-refractivity contribution in [3.8, 4) is 0 Å². The normalized spacial score (nSPS) is 18.0. The number of hydrogen-bond acceptors (Lipinski definition) is 10. The molecule has 0 saturated carbocycles. The molecule has 1 aliphatic heterocycles. The molecule has 0 saturated heterocycles. The average Bonchev–Trinajstić information content (AvgIpc) is 3.64. The van der Waals surface area contributed by atoms with E-state index in [9.17, 15) is 27.6 Å². The van der Waals surface area contributed by atoms with Gasteiger partial charge in [-0.05, 0) is 33.1 Å². The van der Waals surface area contributed by atoms with Gasteiger partial charge >= 0.3 is 22.3 Å². The summed E-state index contributed by atoms with van der Waals surface area (Å²) < 4.78 is 29.7. The third kappa shape index (κ3) is 31.6. The zero-order valence-corrected chi connectivity index (χ0v) is 42.4. The average molecular weight is 940 g/mol. The van der Waals surface area contributed by atoms with Crippen molar-refractivity contribution in [2.75, 3.05) is 20.2 Å². The number of Topliss-reactive ketones (excluding diaryl/α,β-unsaturated/α-hetero) is 2. The first-order valence-electron chi connectivity index (χ1n) is 25.6. The summed E-state index contributed by atoms with van der Waals surface area (Å²) in [6, 6.07) is 0. The Morgan fingerprint density at radius 3 is 1.34 bits per heavy atom. The molecule has 2 aliphatic rings. The van der Waals surface area contributed by atoms with E-state index in [1.54, 1.807) is 0 Å². The van der Waals surface area contributed by atoms with Crippen LogP contribution in [0.15, 0.2) is 28.8 Å². The Kier molecular flexibility index (Phi) is 36.4. The van der Waals surface area contributed by atoms with Crippen LogP contribution in [0.4, 0.5) is 0 Å². The number of carbonyl (C=O) groups is 4. The number of aliphatic carboxylic acids is 2. The van der Waals surface area contributed by atoms with Crippen LogP contribution >= 0.6 is 0 Å². The van der Waals surface area contributed by atoms with Gasteiger partial charge in [0.1, 0.15) is 0 Å². The largest absolute Gasteiger partial charge is 0.481 e. The predicted octanol–water partition coefficient (Wildman–Crippen LogP) is 12.5. The highest BCUT2D eigenvalue weighted by Crippen LogP contribution is 2.31. The highest BCUT2D eigenvalue weighted by Gasteiger charge is 2.42. The lowest BCUT2D eigenvalue weighted by Gasteiger charge is -2.23. The maximum atomic E-state index is 13.1. The second-order valence-corrected chi connectivity index (χ2v) is 19.7. The second kappa shape index (κ2) is 38.1. The zero-order valence-electron chi connectivity index (χ0n) is 41.6. The minimum Gasteiger partial charge on any atom is -0.481 e. The first-order chi connectivity index (χ1) is 31.0. The Labute approximate surface area is 395 Å². The third-order valence-corrected chi connectivity index (χ3v) is 12.9. The van der Waals surface area contributed by atoms with E-state index >= 15 is 0 Å². The summed E-state index contributed by atoms with van der Waals surface area (Å²) in [5.74, 6) is -1.56. The summed E-state index contributed by atoms with van der Waals surface area (Å²) in [6.45, 7) is 9.09. The van der Waals surface area contributed by atoms with E-state index in [1.807, 2.05) is 11.8 Å². The van der Waals surface area contributed by atoms with Crippen LogP contribution in [-0.4, -0.2) is 83.3 Å². The fourth-order valence-electron chi connectivity index (χ4n) is 8.14. The Morgan fingerprint density at radius 1 is 0.662 bits per heavy atom. The molecule has 1 heterocycles. The summed E-state index contributed by atoms with van der Waals surface area (Å²) in [5, 5.41) is 17.5. The van der Waals surface area contributed by atoms with Gasteiger partial charge in [-0.15, -0.1) is 0 Å². The number of carbonyl (C=O) groups excluding carboxylic acids is 2. The fraction of sp³-hybridized carbons (Fsp3) is 0.824. The van der Waals surface area contributed by atoms with Gasteiger partial charge in [-0.25, -0.2) is 9.79 Å². The van der Waals surface area contributed by atoms with E-state index in [-0.39, 0.29) is 23.6 Å². The number of ketones is 2. The maximum Gasteiger partial charge on any atom is 0.397 e. The van der Waals surface area contributed by atoms with Crippen LogP contribution in [-0.2, 0) is 33.8 Å². The number of rotatable bonds is 38. The molecule has 5 N–H and O–H groups in total. The molecule has 13 nitrogen and oxygen atoms in total. The van der Waals surface area contributed by atoms with Crippen LogP contribution in [0.25, 0.3) is 0 Å². The lowest BCUT2D eigenvalue weighted by molar-refractivity contribution is -0.145. The van der Waals surface area contributed by atoms with Gasteiger partial charge in [0.2, 0.25) is 0 Å². The molecule has 0 spiro atoms. The van der Waals surface area contributed by atoms with Crippen molar-refractivity contribution in [2.24, 2.45) is 16.1 Å². The topological polar surface area (TPSA) is 214 Å². The molecule has 0 aromatic rings. The molecule has 0 bridgehead atoms. The molecule has 2 atom stereocenters. The summed E-state index contributed by atoms with van der Waals surface area (Å²) in [4.78, 5) is 53.9. The van der Waals surface area contributed by atoms with E-state index in [2.05, 4.69) is 23.0 Å². The van der Waals surface area contributed by atoms with Crippen LogP contribution in [0, 0.1) is 5.41 Å². The molecule has 0 radical (unpaired) electrons. The molecule has 0 amide bonds. The number of unbranched alkanes of at least 4 members (excludes halogenated alkanes) is 28. The highest BCUT2D eigenvalue weighted by atomic mass is 32.3. The number of amidine groups is 1. The first-order valence-corrected chi connectivity index (χ1v) is 26.9. The van der Waals surface area contributed by atoms with E-state index in [0.717, 1.165) is 32.8 Å². The van der Waals surface area contributed by atoms with Gasteiger partial charge < -0.3 is 15.1 Å². The van der Waals surface area contributed by atoms with Gasteiger partial charge in [-0.1, -0.05) is 212 Å². The van der Waals surface area contributed by atoms with Crippen molar-refractivity contribution in [1.82, 2.24) is 4.90 Å². The number of carboxylic acids is 2. The number of nitrogens with zero attached hydrogens (tertiary/aromatic N) is 2. The smallest absolute Gasteiger partial charge is 0.397 e. The van der Waals surface area contributed by atoms with Gasteiger partial charge in [0.05, 0.1) is 19.1 Å². The van der Waals surface area contributed by atoms with Gasteiger partial charge in [-0.2, -0.15) is 8.42 Å². The summed E-state index contributed by atoms with van der Waals surface area (Å²) >= 11 is 0. The summed E-state index contributed by atoms with van der Waals surface area (Å²) in [7, 11) is -3.29. The highest BCUT2D eigenvalue weighted by molar-refractivity contribution is 7.80. The minimum atomic E-state index is -4.16. The van der Waals surface area contributed by atoms with Crippen LogP contribution in [0.2, 0.25) is 0 Å². The quantitative estimate of drug-likeness (QED) is 0.0336. The Morgan fingerprint density at radius 2 is 1.02 bits per heavy atom. The predicted molar refractivity (Wildman–Crippen MR) is 264 cm³/mol. The van der Waals surface area contributed by atoms with E-state index < -0.39 is 33.4 Å². The number of allylic oxidation sites excluding steroid dienone is 2. The van der Waals surface area contributed by atoms with Gasteiger partial charge in [-0.3, -0.25) is 28.9 Å². The molecule has 2 unspecified atom stereocenters. The monoisotopic (exact) mass is 940 g/mol. The van der Waals surface area contributed by atoms with E-state index in [4.69, 9.17) is 20.5 Å². The van der Waals surface area contributed by atoms with Crippen LogP contribution in [0.5, 0.6) is 0 Å². The summed E-state index contributed by atoms with van der Waals surface area (Å²) in [5.41, 5.74) is 4.32. The first kappa shape index (κ1) is 62.1. The molecule has 65 heavy (non-hydrogen) atoms. The third-order valence-electron chi connectivity index (χ3n) is 12.5. The van der Waals surface area contributed by atoms with Crippen molar-refractivity contribution in [3.05, 3.63) is 23.8 Å². The summed E-state index contributed by atoms with van der Waals surface area (Å²) in [6.07, 6.45) is 44.7. The van der Waals surface area contributed by atoms with E-state index in [0.29, 0.717) is 31.8 Å². The lowest BCUT2D eigenvalue weighted by atomic mass is 9.80. The fourth-order valence-corrected chi connectivity index (χ4v) is 8.14. The van der Waals surface area contributed by atoms with Crippen LogP contribution in [0.1, 0.15) is 240 Å².